The number of aliphatic imine (C=N–C) groups is 1. The van der Waals surface area contributed by atoms with Crippen LogP contribution in [0.3, 0.4) is 0 Å². The Labute approximate surface area is 152 Å². The standard InChI is InChI=1S/C20H34N4O/c1-17-9-13-24(14-10-17)12-6-11-22-20(21-2)23-15-18-7-4-5-8-19(18)16-25-3/h4-5,7-8,17H,6,9-16H2,1-3H3,(H2,21,22,23). The summed E-state index contributed by atoms with van der Waals surface area (Å²) in [5.74, 6) is 1.76. The van der Waals surface area contributed by atoms with Crippen LogP contribution < -0.4 is 10.6 Å². The van der Waals surface area contributed by atoms with Crippen molar-refractivity contribution in [3.63, 3.8) is 0 Å². The van der Waals surface area contributed by atoms with E-state index in [9.17, 15) is 0 Å². The first-order valence-corrected chi connectivity index (χ1v) is 9.45. The van der Waals surface area contributed by atoms with Gasteiger partial charge in [-0.05, 0) is 55.9 Å². The fourth-order valence-corrected chi connectivity index (χ4v) is 3.22. The molecule has 0 atom stereocenters. The van der Waals surface area contributed by atoms with Crippen LogP contribution in [0.25, 0.3) is 0 Å². The normalized spacial score (nSPS) is 16.8. The number of methoxy groups -OCH3 is 1. The molecule has 0 unspecified atom stereocenters. The van der Waals surface area contributed by atoms with Crippen molar-refractivity contribution in [1.29, 1.82) is 0 Å². The van der Waals surface area contributed by atoms with E-state index in [1.807, 2.05) is 13.1 Å². The van der Waals surface area contributed by atoms with Crippen LogP contribution in [0.1, 0.15) is 37.3 Å². The van der Waals surface area contributed by atoms with Crippen molar-refractivity contribution < 1.29 is 4.74 Å². The third kappa shape index (κ3) is 7.04. The molecule has 5 heteroatoms. The molecule has 0 bridgehead atoms. The van der Waals surface area contributed by atoms with Crippen molar-refractivity contribution in [3.8, 4) is 0 Å². The molecule has 1 saturated heterocycles. The van der Waals surface area contributed by atoms with Crippen LogP contribution >= 0.6 is 0 Å². The second kappa shape index (κ2) is 11.1. The smallest absolute Gasteiger partial charge is 0.191 e. The molecule has 140 valence electrons. The summed E-state index contributed by atoms with van der Waals surface area (Å²) in [4.78, 5) is 6.90. The molecule has 0 saturated carbocycles. The zero-order valence-corrected chi connectivity index (χ0v) is 16.1. The van der Waals surface area contributed by atoms with E-state index in [2.05, 4.69) is 45.6 Å². The largest absolute Gasteiger partial charge is 0.380 e. The van der Waals surface area contributed by atoms with E-state index in [-0.39, 0.29) is 0 Å². The van der Waals surface area contributed by atoms with Gasteiger partial charge >= 0.3 is 0 Å². The second-order valence-corrected chi connectivity index (χ2v) is 6.93. The summed E-state index contributed by atoms with van der Waals surface area (Å²) in [6.07, 6.45) is 3.84. The third-order valence-corrected chi connectivity index (χ3v) is 4.91. The van der Waals surface area contributed by atoms with Gasteiger partial charge in [0.05, 0.1) is 6.61 Å². The number of rotatable bonds is 8. The summed E-state index contributed by atoms with van der Waals surface area (Å²) >= 11 is 0. The van der Waals surface area contributed by atoms with Gasteiger partial charge in [0.25, 0.3) is 0 Å². The summed E-state index contributed by atoms with van der Waals surface area (Å²) in [6, 6.07) is 8.35. The summed E-state index contributed by atoms with van der Waals surface area (Å²) < 4.78 is 5.27. The van der Waals surface area contributed by atoms with Crippen LogP contribution in [0, 0.1) is 5.92 Å². The van der Waals surface area contributed by atoms with Crippen molar-refractivity contribution in [2.24, 2.45) is 10.9 Å². The SMILES string of the molecule is CN=C(NCCCN1CCC(C)CC1)NCc1ccccc1COC. The molecule has 0 radical (unpaired) electrons. The molecule has 0 spiro atoms. The van der Waals surface area contributed by atoms with Gasteiger partial charge in [-0.3, -0.25) is 4.99 Å². The summed E-state index contributed by atoms with van der Waals surface area (Å²) in [5, 5.41) is 6.82. The van der Waals surface area contributed by atoms with Gasteiger partial charge in [-0.1, -0.05) is 31.2 Å². The van der Waals surface area contributed by atoms with E-state index in [0.29, 0.717) is 6.61 Å². The van der Waals surface area contributed by atoms with Crippen LogP contribution in [0.5, 0.6) is 0 Å². The molecule has 0 aromatic heterocycles. The van der Waals surface area contributed by atoms with Crippen molar-refractivity contribution in [3.05, 3.63) is 35.4 Å². The van der Waals surface area contributed by atoms with Crippen molar-refractivity contribution >= 4 is 5.96 Å². The van der Waals surface area contributed by atoms with Crippen molar-refractivity contribution in [1.82, 2.24) is 15.5 Å². The van der Waals surface area contributed by atoms with E-state index in [4.69, 9.17) is 4.74 Å². The Morgan fingerprint density at radius 2 is 1.92 bits per heavy atom. The maximum Gasteiger partial charge on any atom is 0.191 e. The molecular weight excluding hydrogens is 312 g/mol. The molecule has 1 fully saturated rings. The van der Waals surface area contributed by atoms with E-state index in [0.717, 1.165) is 31.4 Å². The number of guanidine groups is 1. The van der Waals surface area contributed by atoms with Gasteiger partial charge in [-0.15, -0.1) is 0 Å². The average Bonchev–Trinajstić information content (AvgIpc) is 2.64. The van der Waals surface area contributed by atoms with Crippen molar-refractivity contribution in [2.45, 2.75) is 39.3 Å². The molecule has 0 amide bonds. The summed E-state index contributed by atoms with van der Waals surface area (Å²) in [5.41, 5.74) is 2.46. The third-order valence-electron chi connectivity index (χ3n) is 4.91. The number of likely N-dealkylation sites (tertiary alicyclic amines) is 1. The minimum atomic E-state index is 0.637. The maximum atomic E-state index is 5.27. The predicted octanol–water partition coefficient (Wildman–Crippen LogP) is 2.62. The van der Waals surface area contributed by atoms with Crippen LogP contribution in [-0.4, -0.2) is 51.2 Å². The first-order valence-electron chi connectivity index (χ1n) is 9.45. The molecule has 2 rings (SSSR count). The Balaban J connectivity index is 1.67. The van der Waals surface area contributed by atoms with Crippen molar-refractivity contribution in [2.75, 3.05) is 40.3 Å². The van der Waals surface area contributed by atoms with Gasteiger partial charge in [0.1, 0.15) is 0 Å². The molecule has 5 nitrogen and oxygen atoms in total. The topological polar surface area (TPSA) is 48.9 Å². The van der Waals surface area contributed by atoms with Crippen LogP contribution in [-0.2, 0) is 17.9 Å². The molecule has 1 aliphatic heterocycles. The van der Waals surface area contributed by atoms with E-state index >= 15 is 0 Å². The molecule has 0 aliphatic carbocycles. The minimum absolute atomic E-state index is 0.637. The Bertz CT molecular complexity index is 524. The first-order chi connectivity index (χ1) is 12.2. The van der Waals surface area contributed by atoms with Gasteiger partial charge in [0.2, 0.25) is 0 Å². The molecule has 25 heavy (non-hydrogen) atoms. The lowest BCUT2D eigenvalue weighted by atomic mass is 9.99. The average molecular weight is 347 g/mol. The highest BCUT2D eigenvalue weighted by atomic mass is 16.5. The molecule has 2 N–H and O–H groups in total. The number of nitrogens with zero attached hydrogens (tertiary/aromatic N) is 2. The zero-order valence-electron chi connectivity index (χ0n) is 16.1. The lowest BCUT2D eigenvalue weighted by Gasteiger charge is -2.30. The van der Waals surface area contributed by atoms with Crippen LogP contribution in [0.2, 0.25) is 0 Å². The Morgan fingerprint density at radius 1 is 1.20 bits per heavy atom. The fourth-order valence-electron chi connectivity index (χ4n) is 3.22. The highest BCUT2D eigenvalue weighted by Gasteiger charge is 2.14. The number of hydrogen-bond acceptors (Lipinski definition) is 3. The van der Waals surface area contributed by atoms with Crippen LogP contribution in [0.15, 0.2) is 29.3 Å². The Morgan fingerprint density at radius 3 is 2.60 bits per heavy atom. The lowest BCUT2D eigenvalue weighted by molar-refractivity contribution is 0.184. The molecule has 1 heterocycles. The van der Waals surface area contributed by atoms with E-state index in [1.165, 1.54) is 43.6 Å². The summed E-state index contributed by atoms with van der Waals surface area (Å²) in [6.45, 7) is 8.38. The number of piperidine rings is 1. The molecule has 1 aromatic rings. The monoisotopic (exact) mass is 346 g/mol. The van der Waals surface area contributed by atoms with Gasteiger partial charge in [0.15, 0.2) is 5.96 Å². The number of nitrogens with one attached hydrogen (secondary N) is 2. The maximum absolute atomic E-state index is 5.27. The van der Waals surface area contributed by atoms with Gasteiger partial charge in [-0.2, -0.15) is 0 Å². The fraction of sp³-hybridized carbons (Fsp3) is 0.650. The number of hydrogen-bond donors (Lipinski definition) is 2. The van der Waals surface area contributed by atoms with Gasteiger partial charge < -0.3 is 20.3 Å². The molecular formula is C20H34N4O. The zero-order chi connectivity index (χ0) is 17.9. The van der Waals surface area contributed by atoms with E-state index < -0.39 is 0 Å². The molecule has 1 aliphatic rings. The minimum Gasteiger partial charge on any atom is -0.380 e. The van der Waals surface area contributed by atoms with Crippen LogP contribution in [0.4, 0.5) is 0 Å². The highest BCUT2D eigenvalue weighted by Crippen LogP contribution is 2.15. The Hall–Kier alpha value is -1.59. The van der Waals surface area contributed by atoms with E-state index in [1.54, 1.807) is 7.11 Å². The van der Waals surface area contributed by atoms with Gasteiger partial charge in [0, 0.05) is 27.2 Å². The second-order valence-electron chi connectivity index (χ2n) is 6.93. The quantitative estimate of drug-likeness (QED) is 0.432. The lowest BCUT2D eigenvalue weighted by Crippen LogP contribution is -2.39. The molecule has 1 aromatic carbocycles. The Kier molecular flexibility index (Phi) is 8.77. The number of benzene rings is 1. The first kappa shape index (κ1) is 19.7. The summed E-state index contributed by atoms with van der Waals surface area (Å²) in [7, 11) is 3.55. The predicted molar refractivity (Wildman–Crippen MR) is 105 cm³/mol. The number of ether oxygens (including phenoxy) is 1. The van der Waals surface area contributed by atoms with Gasteiger partial charge in [-0.25, -0.2) is 0 Å². The highest BCUT2D eigenvalue weighted by molar-refractivity contribution is 5.79.